The van der Waals surface area contributed by atoms with E-state index in [4.69, 9.17) is 16.9 Å². The Morgan fingerprint density at radius 1 is 1.42 bits per heavy atom. The molecule has 1 N–H and O–H groups in total. The van der Waals surface area contributed by atoms with Gasteiger partial charge in [0.15, 0.2) is 0 Å². The molecular weight excluding hydrogens is 326 g/mol. The summed E-state index contributed by atoms with van der Waals surface area (Å²) < 4.78 is 2.86. The topological polar surface area (TPSA) is 40.8 Å². The molecule has 0 saturated carbocycles. The van der Waals surface area contributed by atoms with Gasteiger partial charge in [0.25, 0.3) is 0 Å². The van der Waals surface area contributed by atoms with Gasteiger partial charge in [0.05, 0.1) is 5.69 Å². The highest BCUT2D eigenvalue weighted by molar-refractivity contribution is 9.10. The first-order valence-corrected chi connectivity index (χ1v) is 6.94. The van der Waals surface area contributed by atoms with E-state index >= 15 is 0 Å². The van der Waals surface area contributed by atoms with E-state index in [2.05, 4.69) is 27.3 Å². The molecule has 19 heavy (non-hydrogen) atoms. The first kappa shape index (κ1) is 14.0. The van der Waals surface area contributed by atoms with Gasteiger partial charge in [0.2, 0.25) is 0 Å². The molecule has 0 fully saturated rings. The quantitative estimate of drug-likeness (QED) is 0.909. The van der Waals surface area contributed by atoms with Crippen molar-refractivity contribution in [1.29, 1.82) is 5.26 Å². The standard InChI is InChI=1S/C14H13BrClN3/c1-9-10(5-12(7-17)19(9)2)8-18-14-6-11(16)3-4-13(14)15/h3-6,18H,8H2,1-2H3. The van der Waals surface area contributed by atoms with Crippen molar-refractivity contribution in [2.24, 2.45) is 7.05 Å². The minimum absolute atomic E-state index is 0.653. The molecule has 0 atom stereocenters. The second-order valence-corrected chi connectivity index (χ2v) is 5.58. The average molecular weight is 339 g/mol. The number of rotatable bonds is 3. The smallest absolute Gasteiger partial charge is 0.120 e. The summed E-state index contributed by atoms with van der Waals surface area (Å²) in [6, 6.07) is 9.69. The van der Waals surface area contributed by atoms with Crippen molar-refractivity contribution >= 4 is 33.2 Å². The van der Waals surface area contributed by atoms with Crippen LogP contribution in [-0.4, -0.2) is 4.57 Å². The summed E-state index contributed by atoms with van der Waals surface area (Å²) in [5.41, 5.74) is 3.79. The van der Waals surface area contributed by atoms with Gasteiger partial charge in [-0.05, 0) is 52.7 Å². The molecule has 0 aliphatic rings. The number of benzene rings is 1. The Bertz CT molecular complexity index is 655. The molecule has 0 amide bonds. The Morgan fingerprint density at radius 2 is 2.16 bits per heavy atom. The maximum atomic E-state index is 9.01. The molecule has 1 aromatic heterocycles. The summed E-state index contributed by atoms with van der Waals surface area (Å²) in [6.45, 7) is 2.66. The Hall–Kier alpha value is -1.44. The summed E-state index contributed by atoms with van der Waals surface area (Å²) >= 11 is 9.45. The van der Waals surface area contributed by atoms with Gasteiger partial charge in [-0.2, -0.15) is 5.26 Å². The average Bonchev–Trinajstić information content (AvgIpc) is 2.67. The van der Waals surface area contributed by atoms with E-state index in [0.717, 1.165) is 21.4 Å². The van der Waals surface area contributed by atoms with Crippen LogP contribution in [0.4, 0.5) is 5.69 Å². The highest BCUT2D eigenvalue weighted by atomic mass is 79.9. The third-order valence-electron chi connectivity index (χ3n) is 3.15. The molecule has 3 nitrogen and oxygen atoms in total. The molecular formula is C14H13BrClN3. The summed E-state index contributed by atoms with van der Waals surface area (Å²) in [5.74, 6) is 0. The van der Waals surface area contributed by atoms with E-state index < -0.39 is 0 Å². The Kier molecular flexibility index (Phi) is 4.18. The van der Waals surface area contributed by atoms with Crippen molar-refractivity contribution in [3.63, 3.8) is 0 Å². The molecule has 2 rings (SSSR count). The predicted molar refractivity (Wildman–Crippen MR) is 81.3 cm³/mol. The fourth-order valence-corrected chi connectivity index (χ4v) is 2.43. The Balaban J connectivity index is 2.19. The number of hydrogen-bond donors (Lipinski definition) is 1. The highest BCUT2D eigenvalue weighted by Gasteiger charge is 2.09. The first-order chi connectivity index (χ1) is 9.02. The van der Waals surface area contributed by atoms with Gasteiger partial charge in [-0.1, -0.05) is 11.6 Å². The van der Waals surface area contributed by atoms with Crippen molar-refractivity contribution in [2.45, 2.75) is 13.5 Å². The zero-order valence-electron chi connectivity index (χ0n) is 10.7. The van der Waals surface area contributed by atoms with Gasteiger partial charge in [-0.15, -0.1) is 0 Å². The van der Waals surface area contributed by atoms with E-state index in [9.17, 15) is 0 Å². The molecule has 0 radical (unpaired) electrons. The molecule has 1 heterocycles. The maximum absolute atomic E-state index is 9.01. The van der Waals surface area contributed by atoms with Gasteiger partial charge in [-0.25, -0.2) is 0 Å². The molecule has 0 unspecified atom stereocenters. The van der Waals surface area contributed by atoms with E-state index in [0.29, 0.717) is 17.3 Å². The molecule has 5 heteroatoms. The predicted octanol–water partition coefficient (Wildman–Crippen LogP) is 4.23. The summed E-state index contributed by atoms with van der Waals surface area (Å²) in [7, 11) is 1.90. The second kappa shape index (κ2) is 5.68. The number of hydrogen-bond acceptors (Lipinski definition) is 2. The van der Waals surface area contributed by atoms with Crippen molar-refractivity contribution in [1.82, 2.24) is 4.57 Å². The van der Waals surface area contributed by atoms with Gasteiger partial charge in [-0.3, -0.25) is 0 Å². The van der Waals surface area contributed by atoms with Crippen LogP contribution in [0.5, 0.6) is 0 Å². The fraction of sp³-hybridized carbons (Fsp3) is 0.214. The van der Waals surface area contributed by atoms with E-state index in [1.165, 1.54) is 0 Å². The highest BCUT2D eigenvalue weighted by Crippen LogP contribution is 2.26. The molecule has 1 aromatic carbocycles. The number of nitrogens with one attached hydrogen (secondary N) is 1. The third kappa shape index (κ3) is 2.94. The lowest BCUT2D eigenvalue weighted by Gasteiger charge is -2.09. The van der Waals surface area contributed by atoms with Crippen LogP contribution in [0.1, 0.15) is 17.0 Å². The van der Waals surface area contributed by atoms with Gasteiger partial charge in [0.1, 0.15) is 11.8 Å². The van der Waals surface area contributed by atoms with Crippen LogP contribution in [0.15, 0.2) is 28.7 Å². The zero-order valence-corrected chi connectivity index (χ0v) is 13.0. The van der Waals surface area contributed by atoms with Crippen molar-refractivity contribution in [3.05, 3.63) is 50.7 Å². The van der Waals surface area contributed by atoms with Crippen LogP contribution in [0.25, 0.3) is 0 Å². The van der Waals surface area contributed by atoms with Crippen LogP contribution in [0.2, 0.25) is 5.02 Å². The van der Waals surface area contributed by atoms with Crippen molar-refractivity contribution in [3.8, 4) is 6.07 Å². The lowest BCUT2D eigenvalue weighted by atomic mass is 10.2. The normalized spacial score (nSPS) is 10.3. The minimum atomic E-state index is 0.653. The first-order valence-electron chi connectivity index (χ1n) is 5.77. The third-order valence-corrected chi connectivity index (χ3v) is 4.08. The maximum Gasteiger partial charge on any atom is 0.120 e. The van der Waals surface area contributed by atoms with Gasteiger partial charge >= 0.3 is 0 Å². The summed E-state index contributed by atoms with van der Waals surface area (Å²) in [4.78, 5) is 0. The lowest BCUT2D eigenvalue weighted by Crippen LogP contribution is -2.02. The van der Waals surface area contributed by atoms with Crippen LogP contribution in [0.3, 0.4) is 0 Å². The van der Waals surface area contributed by atoms with Gasteiger partial charge in [0, 0.05) is 28.8 Å². The molecule has 0 aliphatic carbocycles. The molecule has 0 bridgehead atoms. The van der Waals surface area contributed by atoms with E-state index in [1.54, 1.807) is 0 Å². The van der Waals surface area contributed by atoms with Crippen molar-refractivity contribution in [2.75, 3.05) is 5.32 Å². The van der Waals surface area contributed by atoms with E-state index in [-0.39, 0.29) is 0 Å². The monoisotopic (exact) mass is 337 g/mol. The van der Waals surface area contributed by atoms with Crippen LogP contribution < -0.4 is 5.32 Å². The number of nitriles is 1. The van der Waals surface area contributed by atoms with Crippen LogP contribution >= 0.6 is 27.5 Å². The van der Waals surface area contributed by atoms with Crippen LogP contribution in [0, 0.1) is 18.3 Å². The fourth-order valence-electron chi connectivity index (χ4n) is 1.87. The second-order valence-electron chi connectivity index (χ2n) is 4.29. The number of aromatic nitrogens is 1. The molecule has 0 aliphatic heterocycles. The number of nitrogens with zero attached hydrogens (tertiary/aromatic N) is 2. The summed E-state index contributed by atoms with van der Waals surface area (Å²) in [5, 5.41) is 13.0. The van der Waals surface area contributed by atoms with E-state index in [1.807, 2.05) is 42.8 Å². The van der Waals surface area contributed by atoms with Crippen LogP contribution in [-0.2, 0) is 13.6 Å². The molecule has 2 aromatic rings. The number of anilines is 1. The molecule has 98 valence electrons. The van der Waals surface area contributed by atoms with Crippen molar-refractivity contribution < 1.29 is 0 Å². The largest absolute Gasteiger partial charge is 0.380 e. The Labute approximate surface area is 125 Å². The minimum Gasteiger partial charge on any atom is -0.380 e. The Morgan fingerprint density at radius 3 is 2.79 bits per heavy atom. The summed E-state index contributed by atoms with van der Waals surface area (Å²) in [6.07, 6.45) is 0. The molecule has 0 spiro atoms. The zero-order chi connectivity index (χ0) is 14.0. The SMILES string of the molecule is Cc1c(CNc2cc(Cl)ccc2Br)cc(C#N)n1C. The molecule has 0 saturated heterocycles. The number of halogens is 2. The van der Waals surface area contributed by atoms with Gasteiger partial charge < -0.3 is 9.88 Å². The lowest BCUT2D eigenvalue weighted by molar-refractivity contribution is 0.856.